The number of nitrogens with one attached hydrogen (secondary N) is 2. The summed E-state index contributed by atoms with van der Waals surface area (Å²) in [6.45, 7) is 11.6. The molecule has 0 heterocycles. The van der Waals surface area contributed by atoms with Crippen molar-refractivity contribution in [1.82, 2.24) is 10.2 Å². The normalized spacial score (nSPS) is 12.9. The van der Waals surface area contributed by atoms with Crippen molar-refractivity contribution in [1.29, 1.82) is 0 Å². The molecule has 0 aliphatic rings. The van der Waals surface area contributed by atoms with Crippen LogP contribution >= 0.6 is 12.6 Å². The van der Waals surface area contributed by atoms with E-state index in [1.54, 1.807) is 25.7 Å². The van der Waals surface area contributed by atoms with Crippen molar-refractivity contribution < 1.29 is 19.1 Å². The fraction of sp³-hybridized carbons (Fsp3) is 0.424. The molecular weight excluding hydrogens is 534 g/mol. The largest absolute Gasteiger partial charge is 0.444 e. The van der Waals surface area contributed by atoms with Crippen LogP contribution in [-0.2, 0) is 14.3 Å². The van der Waals surface area contributed by atoms with Crippen LogP contribution in [-0.4, -0.2) is 46.7 Å². The molecule has 3 amide bonds. The summed E-state index contributed by atoms with van der Waals surface area (Å²) in [6.07, 6.45) is 1.84. The van der Waals surface area contributed by atoms with Crippen LogP contribution in [0.2, 0.25) is 0 Å². The number of aryl methyl sites for hydroxylation is 2. The van der Waals surface area contributed by atoms with Crippen molar-refractivity contribution in [3.63, 3.8) is 0 Å². The first kappa shape index (κ1) is 32.0. The molecule has 0 aliphatic heterocycles. The molecule has 2 unspecified atom stereocenters. The molecule has 0 saturated heterocycles. The van der Waals surface area contributed by atoms with Gasteiger partial charge in [-0.2, -0.15) is 12.6 Å². The Morgan fingerprint density at radius 1 is 0.927 bits per heavy atom. The molecule has 2 N–H and O–H groups in total. The van der Waals surface area contributed by atoms with E-state index in [1.807, 2.05) is 74.5 Å². The van der Waals surface area contributed by atoms with Gasteiger partial charge in [0.15, 0.2) is 0 Å². The molecule has 0 aromatic heterocycles. The third-order valence-corrected chi connectivity index (χ3v) is 6.96. The minimum Gasteiger partial charge on any atom is -0.444 e. The van der Waals surface area contributed by atoms with Gasteiger partial charge in [0.25, 0.3) is 5.91 Å². The lowest BCUT2D eigenvalue weighted by atomic mass is 9.98. The van der Waals surface area contributed by atoms with Crippen molar-refractivity contribution in [2.75, 3.05) is 17.6 Å². The van der Waals surface area contributed by atoms with Gasteiger partial charge in [0, 0.05) is 18.0 Å². The van der Waals surface area contributed by atoms with Crippen LogP contribution in [0.25, 0.3) is 10.8 Å². The summed E-state index contributed by atoms with van der Waals surface area (Å²) in [5, 5.41) is 7.80. The van der Waals surface area contributed by atoms with Crippen molar-refractivity contribution >= 4 is 47.0 Å². The predicted octanol–water partition coefficient (Wildman–Crippen LogP) is 6.98. The number of rotatable bonds is 11. The van der Waals surface area contributed by atoms with Crippen molar-refractivity contribution in [2.24, 2.45) is 0 Å². The fourth-order valence-corrected chi connectivity index (χ4v) is 5.10. The molecule has 7 nitrogen and oxygen atoms in total. The number of alkyl carbamates (subject to hydrolysis) is 1. The maximum atomic E-state index is 14.1. The van der Waals surface area contributed by atoms with Crippen LogP contribution in [0.3, 0.4) is 0 Å². The van der Waals surface area contributed by atoms with Crippen molar-refractivity contribution in [2.45, 2.75) is 78.5 Å². The summed E-state index contributed by atoms with van der Waals surface area (Å²) in [4.78, 5) is 42.4. The maximum Gasteiger partial charge on any atom is 0.408 e. The van der Waals surface area contributed by atoms with Gasteiger partial charge in [0.1, 0.15) is 17.7 Å². The third-order valence-electron chi connectivity index (χ3n) is 6.59. The molecule has 41 heavy (non-hydrogen) atoms. The molecule has 3 aromatic rings. The predicted molar refractivity (Wildman–Crippen MR) is 169 cm³/mol. The summed E-state index contributed by atoms with van der Waals surface area (Å²) in [5.41, 5.74) is 2.60. The molecule has 0 bridgehead atoms. The first-order valence-corrected chi connectivity index (χ1v) is 14.8. The standard InChI is InChI=1S/C33H43N3O4S/c1-7-8-11-16-36(31(38)28(21-41)35-32(39)40-33(4,5)6)29(26-18-22(2)17-23(3)19-26)30(37)34-27-15-14-24-12-9-10-13-25(24)20-27/h9-10,12-15,17-20,28-29,41H,7-8,11,16,21H2,1-6H3,(H,34,37)(H,35,39). The van der Waals surface area contributed by atoms with E-state index in [9.17, 15) is 14.4 Å². The minimum atomic E-state index is -0.975. The number of fused-ring (bicyclic) bond motifs is 1. The number of carbonyl (C=O) groups is 3. The quantitative estimate of drug-likeness (QED) is 0.170. The molecule has 0 spiro atoms. The number of hydrogen-bond donors (Lipinski definition) is 3. The number of benzene rings is 3. The van der Waals surface area contributed by atoms with Crippen LogP contribution in [0.1, 0.15) is 69.7 Å². The van der Waals surface area contributed by atoms with E-state index in [-0.39, 0.29) is 17.6 Å². The van der Waals surface area contributed by atoms with Crippen LogP contribution in [0.15, 0.2) is 60.7 Å². The van der Waals surface area contributed by atoms with Crippen LogP contribution < -0.4 is 10.6 Å². The van der Waals surface area contributed by atoms with Gasteiger partial charge in [-0.15, -0.1) is 0 Å². The average Bonchev–Trinajstić information content (AvgIpc) is 2.89. The Morgan fingerprint density at radius 3 is 2.20 bits per heavy atom. The molecule has 0 radical (unpaired) electrons. The van der Waals surface area contributed by atoms with Crippen LogP contribution in [0, 0.1) is 13.8 Å². The highest BCUT2D eigenvalue weighted by molar-refractivity contribution is 7.80. The Morgan fingerprint density at radius 2 is 1.59 bits per heavy atom. The Labute approximate surface area is 249 Å². The van der Waals surface area contributed by atoms with E-state index in [1.165, 1.54) is 0 Å². The first-order valence-electron chi connectivity index (χ1n) is 14.2. The van der Waals surface area contributed by atoms with E-state index < -0.39 is 23.8 Å². The molecule has 8 heteroatoms. The molecule has 3 aromatic carbocycles. The van der Waals surface area contributed by atoms with E-state index >= 15 is 0 Å². The second-order valence-electron chi connectivity index (χ2n) is 11.5. The summed E-state index contributed by atoms with van der Waals surface area (Å²) in [5.74, 6) is -0.668. The molecular formula is C33H43N3O4S. The Bertz CT molecular complexity index is 1350. The monoisotopic (exact) mass is 577 g/mol. The smallest absolute Gasteiger partial charge is 0.408 e. The number of nitrogens with zero attached hydrogens (tertiary/aromatic N) is 1. The summed E-state index contributed by atoms with van der Waals surface area (Å²) in [6, 6.07) is 17.7. The SMILES string of the molecule is CCCCCN(C(=O)C(CS)NC(=O)OC(C)(C)C)C(C(=O)Nc1ccc2ccccc2c1)c1cc(C)cc(C)c1. The number of carbonyl (C=O) groups excluding carboxylic acids is 3. The summed E-state index contributed by atoms with van der Waals surface area (Å²) in [7, 11) is 0. The number of unbranched alkanes of at least 4 members (excludes halogenated alkanes) is 2. The highest BCUT2D eigenvalue weighted by atomic mass is 32.1. The molecule has 220 valence electrons. The third kappa shape index (κ3) is 9.25. The zero-order chi connectivity index (χ0) is 30.2. The van der Waals surface area contributed by atoms with Crippen molar-refractivity contribution in [3.8, 4) is 0 Å². The van der Waals surface area contributed by atoms with E-state index in [0.29, 0.717) is 24.2 Å². The van der Waals surface area contributed by atoms with Gasteiger partial charge >= 0.3 is 6.09 Å². The number of hydrogen-bond acceptors (Lipinski definition) is 5. The Kier molecular flexibility index (Phi) is 11.2. The second-order valence-corrected chi connectivity index (χ2v) is 11.9. The topological polar surface area (TPSA) is 87.7 Å². The van der Waals surface area contributed by atoms with Gasteiger partial charge in [-0.3, -0.25) is 9.59 Å². The summed E-state index contributed by atoms with van der Waals surface area (Å²) >= 11 is 4.38. The fourth-order valence-electron chi connectivity index (χ4n) is 4.85. The van der Waals surface area contributed by atoms with E-state index in [2.05, 4.69) is 30.2 Å². The highest BCUT2D eigenvalue weighted by Crippen LogP contribution is 2.28. The number of amides is 3. The van der Waals surface area contributed by atoms with Gasteiger partial charge < -0.3 is 20.3 Å². The van der Waals surface area contributed by atoms with E-state index in [4.69, 9.17) is 4.74 Å². The van der Waals surface area contributed by atoms with Crippen LogP contribution in [0.4, 0.5) is 10.5 Å². The molecule has 3 rings (SSSR count). The Hall–Kier alpha value is -3.52. The maximum absolute atomic E-state index is 14.1. The van der Waals surface area contributed by atoms with Crippen LogP contribution in [0.5, 0.6) is 0 Å². The van der Waals surface area contributed by atoms with Crippen molar-refractivity contribution in [3.05, 3.63) is 77.4 Å². The van der Waals surface area contributed by atoms with Gasteiger partial charge in [0.05, 0.1) is 0 Å². The average molecular weight is 578 g/mol. The molecule has 2 atom stereocenters. The summed E-state index contributed by atoms with van der Waals surface area (Å²) < 4.78 is 5.40. The second kappa shape index (κ2) is 14.4. The lowest BCUT2D eigenvalue weighted by Gasteiger charge is -2.34. The molecule has 0 saturated carbocycles. The first-order chi connectivity index (χ1) is 19.4. The van der Waals surface area contributed by atoms with Gasteiger partial charge in [-0.1, -0.05) is 79.4 Å². The van der Waals surface area contributed by atoms with Gasteiger partial charge in [-0.25, -0.2) is 4.79 Å². The zero-order valence-electron chi connectivity index (χ0n) is 25.0. The molecule has 0 aliphatic carbocycles. The zero-order valence-corrected chi connectivity index (χ0v) is 25.9. The van der Waals surface area contributed by atoms with E-state index in [0.717, 1.165) is 34.7 Å². The Balaban J connectivity index is 2.02. The highest BCUT2D eigenvalue weighted by Gasteiger charge is 2.36. The van der Waals surface area contributed by atoms with Gasteiger partial charge in [-0.05, 0) is 69.5 Å². The number of thiol groups is 1. The minimum absolute atomic E-state index is 0.0498. The lowest BCUT2D eigenvalue weighted by Crippen LogP contribution is -2.53. The number of anilines is 1. The lowest BCUT2D eigenvalue weighted by molar-refractivity contribution is -0.140. The van der Waals surface area contributed by atoms with Gasteiger partial charge in [0.2, 0.25) is 5.91 Å². The number of ether oxygens (including phenoxy) is 1. The molecule has 0 fully saturated rings.